The summed E-state index contributed by atoms with van der Waals surface area (Å²) in [5.74, 6) is 3.15. The van der Waals surface area contributed by atoms with Gasteiger partial charge in [-0.1, -0.05) is 6.92 Å². The minimum Gasteiger partial charge on any atom is -0.399 e. The lowest BCUT2D eigenvalue weighted by molar-refractivity contribution is 0.670. The molecule has 2 aromatic rings. The second-order valence-corrected chi connectivity index (χ2v) is 6.94. The molecule has 1 aliphatic rings. The van der Waals surface area contributed by atoms with Crippen LogP contribution in [0.15, 0.2) is 18.2 Å². The highest BCUT2D eigenvalue weighted by Gasteiger charge is 2.29. The minimum absolute atomic E-state index is 0.587. The van der Waals surface area contributed by atoms with Crippen molar-refractivity contribution in [2.45, 2.75) is 32.2 Å². The van der Waals surface area contributed by atoms with Gasteiger partial charge in [0.1, 0.15) is 5.82 Å². The monoisotopic (exact) mass is 277 g/mol. The summed E-state index contributed by atoms with van der Waals surface area (Å²) in [5.41, 5.74) is 8.64. The molecule has 1 saturated carbocycles. The number of aromatic nitrogens is 2. The fourth-order valence-corrected chi connectivity index (χ4v) is 3.07. The number of fused-ring (bicyclic) bond motifs is 1. The fourth-order valence-electron chi connectivity index (χ4n) is 2.39. The van der Waals surface area contributed by atoms with Crippen LogP contribution in [0.3, 0.4) is 0 Å². The molecular formula is C14H19N3OS. The van der Waals surface area contributed by atoms with E-state index in [-0.39, 0.29) is 0 Å². The highest BCUT2D eigenvalue weighted by atomic mass is 32.2. The van der Waals surface area contributed by atoms with E-state index in [1.165, 1.54) is 12.8 Å². The predicted octanol–water partition coefficient (Wildman–Crippen LogP) is 2.26. The fraction of sp³-hybridized carbons (Fsp3) is 0.500. The molecule has 1 fully saturated rings. The molecule has 1 heterocycles. The van der Waals surface area contributed by atoms with Crippen molar-refractivity contribution < 1.29 is 4.21 Å². The number of rotatable bonds is 5. The first-order valence-corrected chi connectivity index (χ1v) is 8.28. The summed E-state index contributed by atoms with van der Waals surface area (Å²) in [4.78, 5) is 4.72. The van der Waals surface area contributed by atoms with E-state index < -0.39 is 10.8 Å². The van der Waals surface area contributed by atoms with Gasteiger partial charge >= 0.3 is 0 Å². The Bertz CT molecular complexity index is 631. The number of nitrogen functional groups attached to an aromatic ring is 1. The molecule has 19 heavy (non-hydrogen) atoms. The molecule has 0 aliphatic heterocycles. The Morgan fingerprint density at radius 1 is 1.47 bits per heavy atom. The van der Waals surface area contributed by atoms with Gasteiger partial charge in [-0.3, -0.25) is 4.21 Å². The van der Waals surface area contributed by atoms with Crippen molar-refractivity contribution in [3.8, 4) is 0 Å². The maximum Gasteiger partial charge on any atom is 0.113 e. The molecule has 1 aliphatic carbocycles. The molecule has 0 saturated heterocycles. The number of benzene rings is 1. The third-order valence-corrected chi connectivity index (χ3v) is 4.89. The van der Waals surface area contributed by atoms with Crippen LogP contribution < -0.4 is 5.73 Å². The van der Waals surface area contributed by atoms with Crippen molar-refractivity contribution in [1.29, 1.82) is 0 Å². The summed E-state index contributed by atoms with van der Waals surface area (Å²) < 4.78 is 13.9. The topological polar surface area (TPSA) is 60.9 Å². The summed E-state index contributed by atoms with van der Waals surface area (Å²) in [6, 6.07) is 5.86. The first-order chi connectivity index (χ1) is 9.19. The number of nitrogens with zero attached hydrogens (tertiary/aromatic N) is 2. The lowest BCUT2D eigenvalue weighted by Crippen LogP contribution is -2.11. The molecular weight excluding hydrogens is 258 g/mol. The molecule has 1 aromatic carbocycles. The predicted molar refractivity (Wildman–Crippen MR) is 79.7 cm³/mol. The zero-order chi connectivity index (χ0) is 13.4. The standard InChI is InChI=1S/C14H19N3OS/c1-2-19(18)8-7-17-13-6-5-11(15)9-12(13)16-14(17)10-3-4-10/h5-6,9-10H,2-4,7-8,15H2,1H3. The van der Waals surface area contributed by atoms with E-state index in [0.29, 0.717) is 11.7 Å². The van der Waals surface area contributed by atoms with Crippen molar-refractivity contribution in [3.63, 3.8) is 0 Å². The Hall–Kier alpha value is -1.36. The number of imidazole rings is 1. The molecule has 5 heteroatoms. The van der Waals surface area contributed by atoms with Crippen LogP contribution >= 0.6 is 0 Å². The van der Waals surface area contributed by atoms with Crippen LogP contribution in [0.2, 0.25) is 0 Å². The highest BCUT2D eigenvalue weighted by molar-refractivity contribution is 7.84. The normalized spacial score (nSPS) is 16.9. The van der Waals surface area contributed by atoms with Gasteiger partial charge in [-0.25, -0.2) is 4.98 Å². The molecule has 4 nitrogen and oxygen atoms in total. The Morgan fingerprint density at radius 3 is 2.95 bits per heavy atom. The SMILES string of the molecule is CCS(=O)CCn1c(C2CC2)nc2cc(N)ccc21. The van der Waals surface area contributed by atoms with Gasteiger partial charge in [0, 0.05) is 40.5 Å². The van der Waals surface area contributed by atoms with Gasteiger partial charge in [0.2, 0.25) is 0 Å². The number of anilines is 1. The van der Waals surface area contributed by atoms with Crippen LogP contribution in [0.5, 0.6) is 0 Å². The van der Waals surface area contributed by atoms with E-state index in [0.717, 1.165) is 34.8 Å². The molecule has 1 aromatic heterocycles. The Balaban J connectivity index is 1.99. The largest absolute Gasteiger partial charge is 0.399 e. The summed E-state index contributed by atoms with van der Waals surface area (Å²) in [6.07, 6.45) is 2.44. The number of hydrogen-bond donors (Lipinski definition) is 1. The van der Waals surface area contributed by atoms with E-state index in [2.05, 4.69) is 4.57 Å². The van der Waals surface area contributed by atoms with Gasteiger partial charge in [0.25, 0.3) is 0 Å². The van der Waals surface area contributed by atoms with Gasteiger partial charge < -0.3 is 10.3 Å². The number of aryl methyl sites for hydroxylation is 1. The van der Waals surface area contributed by atoms with Gasteiger partial charge in [-0.15, -0.1) is 0 Å². The second-order valence-electron chi connectivity index (χ2n) is 5.08. The minimum atomic E-state index is -0.733. The summed E-state index contributed by atoms with van der Waals surface area (Å²) in [5, 5.41) is 0. The van der Waals surface area contributed by atoms with Gasteiger partial charge in [-0.05, 0) is 31.0 Å². The molecule has 1 unspecified atom stereocenters. The average Bonchev–Trinajstić information content (AvgIpc) is 3.18. The molecule has 0 radical (unpaired) electrons. The van der Waals surface area contributed by atoms with E-state index in [9.17, 15) is 4.21 Å². The van der Waals surface area contributed by atoms with E-state index in [1.807, 2.05) is 25.1 Å². The summed E-state index contributed by atoms with van der Waals surface area (Å²) in [6.45, 7) is 2.75. The molecule has 0 amide bonds. The maximum absolute atomic E-state index is 11.7. The van der Waals surface area contributed by atoms with Crippen molar-refractivity contribution in [2.24, 2.45) is 0 Å². The smallest absolute Gasteiger partial charge is 0.113 e. The van der Waals surface area contributed by atoms with Gasteiger partial charge in [0.05, 0.1) is 11.0 Å². The molecule has 0 bridgehead atoms. The second kappa shape index (κ2) is 4.96. The van der Waals surface area contributed by atoms with Crippen LogP contribution in [0, 0.1) is 0 Å². The molecule has 102 valence electrons. The number of nitrogens with two attached hydrogens (primary N) is 1. The number of hydrogen-bond acceptors (Lipinski definition) is 3. The van der Waals surface area contributed by atoms with E-state index in [1.54, 1.807) is 0 Å². The van der Waals surface area contributed by atoms with Gasteiger partial charge in [0.15, 0.2) is 0 Å². The first kappa shape index (κ1) is 12.7. The van der Waals surface area contributed by atoms with Crippen LogP contribution in [0.25, 0.3) is 11.0 Å². The molecule has 1 atom stereocenters. The molecule has 0 spiro atoms. The van der Waals surface area contributed by atoms with Crippen LogP contribution in [-0.4, -0.2) is 25.3 Å². The Kier molecular flexibility index (Phi) is 3.31. The van der Waals surface area contributed by atoms with Gasteiger partial charge in [-0.2, -0.15) is 0 Å². The molecule has 2 N–H and O–H groups in total. The zero-order valence-corrected chi connectivity index (χ0v) is 11.9. The third-order valence-electron chi connectivity index (χ3n) is 3.61. The van der Waals surface area contributed by atoms with E-state index >= 15 is 0 Å². The Morgan fingerprint density at radius 2 is 2.26 bits per heavy atom. The van der Waals surface area contributed by atoms with Crippen molar-refractivity contribution in [3.05, 3.63) is 24.0 Å². The highest BCUT2D eigenvalue weighted by Crippen LogP contribution is 2.40. The average molecular weight is 277 g/mol. The maximum atomic E-state index is 11.7. The summed E-state index contributed by atoms with van der Waals surface area (Å²) >= 11 is 0. The van der Waals surface area contributed by atoms with Crippen molar-refractivity contribution >= 4 is 27.5 Å². The van der Waals surface area contributed by atoms with E-state index in [4.69, 9.17) is 10.7 Å². The Labute approximate surface area is 115 Å². The quantitative estimate of drug-likeness (QED) is 0.853. The van der Waals surface area contributed by atoms with Crippen LogP contribution in [0.1, 0.15) is 31.5 Å². The summed E-state index contributed by atoms with van der Waals surface area (Å²) in [7, 11) is -0.733. The van der Waals surface area contributed by atoms with Crippen molar-refractivity contribution in [2.75, 3.05) is 17.2 Å². The molecule has 3 rings (SSSR count). The first-order valence-electron chi connectivity index (χ1n) is 6.79. The lowest BCUT2D eigenvalue weighted by Gasteiger charge is -2.08. The lowest BCUT2D eigenvalue weighted by atomic mass is 10.3. The zero-order valence-electron chi connectivity index (χ0n) is 11.1. The van der Waals surface area contributed by atoms with Crippen LogP contribution in [-0.2, 0) is 17.3 Å². The third kappa shape index (κ3) is 2.52. The van der Waals surface area contributed by atoms with Crippen molar-refractivity contribution in [1.82, 2.24) is 9.55 Å². The van der Waals surface area contributed by atoms with Crippen LogP contribution in [0.4, 0.5) is 5.69 Å².